The molecule has 6 amide bonds. The number of aliphatic hydroxyl groups excluding tert-OH is 2. The molecule has 12 rings (SSSR count). The molecule has 0 radical (unpaired) electrons. The minimum atomic E-state index is -1.42. The smallest absolute Gasteiger partial charge is 0.306 e. The lowest BCUT2D eigenvalue weighted by atomic mass is 9.86. The van der Waals surface area contributed by atoms with Gasteiger partial charge in [-0.2, -0.15) is 0 Å². The van der Waals surface area contributed by atoms with Gasteiger partial charge in [0.15, 0.2) is 0 Å². The Hall–Kier alpha value is -8.62. The lowest BCUT2D eigenvalue weighted by Crippen LogP contribution is -2.50. The first-order valence-corrected chi connectivity index (χ1v) is 33.5. The molecule has 24 nitrogen and oxygen atoms in total. The number of pyridine rings is 1. The third-order valence-corrected chi connectivity index (χ3v) is 21.4. The third kappa shape index (κ3) is 13.0. The number of aliphatic carboxylic acids is 1. The number of nitrogens with two attached hydrogens (primary N) is 1. The summed E-state index contributed by atoms with van der Waals surface area (Å²) in [6.45, 7) is 3.34. The zero-order chi connectivity index (χ0) is 63.1. The molecule has 3 aliphatic rings. The van der Waals surface area contributed by atoms with Gasteiger partial charge in [0, 0.05) is 62.3 Å². The van der Waals surface area contributed by atoms with Crippen LogP contribution in [0.5, 0.6) is 5.75 Å². The van der Waals surface area contributed by atoms with E-state index in [1.165, 1.54) is 61.8 Å². The molecule has 462 valence electrons. The van der Waals surface area contributed by atoms with Crippen molar-refractivity contribution in [3.63, 3.8) is 0 Å². The molecule has 30 heteroatoms. The highest BCUT2D eigenvalue weighted by atomic mass is 32.1. The number of carboxylic acid groups (broad SMARTS) is 1. The van der Waals surface area contributed by atoms with Gasteiger partial charge in [-0.1, -0.05) is 49.4 Å². The number of amides is 6. The van der Waals surface area contributed by atoms with Crippen LogP contribution in [0.2, 0.25) is 0 Å². The number of thiazole rings is 6. The Labute approximate surface area is 536 Å². The van der Waals surface area contributed by atoms with Crippen molar-refractivity contribution in [3.8, 4) is 49.1 Å². The van der Waals surface area contributed by atoms with Crippen LogP contribution in [0.15, 0.2) is 93.6 Å². The number of hydrogen-bond acceptors (Lipinski definition) is 23. The Kier molecular flexibility index (Phi) is 17.8. The standard InChI is InChI=1S/C60H55N13O11S6/c1-26-42(75)20-73-47(26)58-70-41(25-89-58)55-66-37(21-86-55)45-33(16-17-34(63-45)54-68-38(23-87-54)49(78)62-31-12-10-30(11-13-31)60(83)84)53-67-39(22-85-53)50(79)64-35(19-43(61)76)56-72-44(27(2)90-56)52(81)71-46(48(77)29-6-4-3-5-7-29)57-69-40(24-88-57)51(80)65-36(59(73)82)18-28-8-14-32(74)15-9-28/h3-9,14-17,21-26,30-31,35-36,42,46-48,74-75,77H,10-13,18-20H2,1-2H3,(H2,61,76)(H,62,78)(H,64,79)(H,65,80)(H,71,81)(H,83,84)/t26-,30?,31?,35-,36-,42-,46-,47+,48+/m0/s1. The Bertz CT molecular complexity index is 4210. The molecule has 2 aromatic carbocycles. The van der Waals surface area contributed by atoms with Gasteiger partial charge in [0.05, 0.1) is 36.2 Å². The number of aromatic hydroxyl groups is 1. The lowest BCUT2D eigenvalue weighted by molar-refractivity contribution is -0.143. The fourth-order valence-electron chi connectivity index (χ4n) is 11.0. The fraction of sp³-hybridized carbons (Fsp3) is 0.300. The van der Waals surface area contributed by atoms with Gasteiger partial charge in [-0.15, -0.1) is 68.0 Å². The van der Waals surface area contributed by atoms with Crippen LogP contribution in [0.3, 0.4) is 0 Å². The van der Waals surface area contributed by atoms with Gasteiger partial charge in [-0.25, -0.2) is 34.9 Å². The molecular formula is C60H55N13O11S6. The summed E-state index contributed by atoms with van der Waals surface area (Å²) >= 11 is 6.89. The van der Waals surface area contributed by atoms with E-state index in [2.05, 4.69) is 36.2 Å². The number of aryl methyl sites for hydroxylation is 1. The van der Waals surface area contributed by atoms with Gasteiger partial charge in [-0.3, -0.25) is 33.6 Å². The second-order valence-electron chi connectivity index (χ2n) is 21.9. The van der Waals surface area contributed by atoms with E-state index in [1.807, 2.05) is 6.92 Å². The Morgan fingerprint density at radius 3 is 2.07 bits per heavy atom. The third-order valence-electron chi connectivity index (χ3n) is 15.9. The maximum absolute atomic E-state index is 15.2. The van der Waals surface area contributed by atoms with Crippen molar-refractivity contribution in [1.82, 2.24) is 61.1 Å². The van der Waals surface area contributed by atoms with Crippen molar-refractivity contribution in [3.05, 3.63) is 147 Å². The maximum atomic E-state index is 15.2. The number of nitrogens with zero attached hydrogens (tertiary/aromatic N) is 8. The second kappa shape index (κ2) is 26.1. The number of nitrogens with one attached hydrogen (secondary N) is 4. The number of hydrogen-bond donors (Lipinski definition) is 9. The molecule has 9 heterocycles. The monoisotopic (exact) mass is 1330 g/mol. The van der Waals surface area contributed by atoms with Gasteiger partial charge in [0.2, 0.25) is 11.8 Å². The van der Waals surface area contributed by atoms with Crippen LogP contribution in [0.1, 0.15) is 136 Å². The summed E-state index contributed by atoms with van der Waals surface area (Å²) in [4.78, 5) is 132. The average Bonchev–Trinajstić information content (AvgIpc) is 1.70. The highest BCUT2D eigenvalue weighted by Crippen LogP contribution is 2.43. The number of rotatable bonds is 10. The van der Waals surface area contributed by atoms with E-state index in [0.717, 1.165) is 34.0 Å². The van der Waals surface area contributed by atoms with Gasteiger partial charge in [0.1, 0.15) is 93.8 Å². The molecule has 2 fully saturated rings. The molecule has 2 aliphatic heterocycles. The lowest BCUT2D eigenvalue weighted by Gasteiger charge is -2.29. The fourth-order valence-corrected chi connectivity index (χ4v) is 16.4. The molecule has 1 saturated heterocycles. The number of fused-ring (bicyclic) bond motifs is 16. The van der Waals surface area contributed by atoms with Crippen LogP contribution in [0.4, 0.5) is 0 Å². The molecule has 1 aliphatic carbocycles. The topological polar surface area (TPSA) is 368 Å². The molecule has 0 unspecified atom stereocenters. The summed E-state index contributed by atoms with van der Waals surface area (Å²) in [6, 6.07) is 13.5. The van der Waals surface area contributed by atoms with Crippen LogP contribution < -0.4 is 27.0 Å². The predicted molar refractivity (Wildman–Crippen MR) is 337 cm³/mol. The zero-order valence-corrected chi connectivity index (χ0v) is 52.5. The predicted octanol–water partition coefficient (Wildman–Crippen LogP) is 7.66. The summed E-state index contributed by atoms with van der Waals surface area (Å²) in [6.07, 6.45) is -0.900. The van der Waals surface area contributed by atoms with Crippen LogP contribution >= 0.6 is 68.0 Å². The number of aliphatic hydroxyl groups is 2. The van der Waals surface area contributed by atoms with E-state index in [0.29, 0.717) is 90.1 Å². The SMILES string of the molecule is Cc1sc2nc1C(=O)N[C@@H]([C@H](O)c1ccccc1)c1nc(cs1)C(=O)N[C@@H](Cc1ccc(O)cc1)C(=O)N1C[C@H](O)[C@H](C)[C@@H]1c1nc(cs1)-c1nc(cs1)-c1nc(-c3nc(C(=O)NC4CCC(C(=O)O)CC4)cs3)ccc1-c1nc(cs1)C(=O)N[C@H]2CC(N)=O. The first-order valence-electron chi connectivity index (χ1n) is 28.3. The molecule has 0 spiro atoms. The van der Waals surface area contributed by atoms with Crippen LogP contribution in [0.25, 0.3) is 43.4 Å². The number of phenols is 1. The van der Waals surface area contributed by atoms with Gasteiger partial charge < -0.3 is 52.3 Å². The molecule has 7 atom stereocenters. The van der Waals surface area contributed by atoms with E-state index in [-0.39, 0.29) is 57.5 Å². The van der Waals surface area contributed by atoms with Gasteiger partial charge in [0.25, 0.3) is 23.6 Å². The van der Waals surface area contributed by atoms with Crippen molar-refractivity contribution >= 4 is 109 Å². The first-order chi connectivity index (χ1) is 43.3. The zero-order valence-electron chi connectivity index (χ0n) is 47.6. The number of primary amides is 1. The van der Waals surface area contributed by atoms with Crippen molar-refractivity contribution in [2.75, 3.05) is 6.54 Å². The second-order valence-corrected chi connectivity index (χ2v) is 27.5. The van der Waals surface area contributed by atoms with E-state index < -0.39 is 96.0 Å². The van der Waals surface area contributed by atoms with Crippen LogP contribution in [-0.4, -0.2) is 126 Å². The molecule has 90 heavy (non-hydrogen) atoms. The Balaban J connectivity index is 0.931. The summed E-state index contributed by atoms with van der Waals surface area (Å²) in [5.74, 6) is -5.75. The Morgan fingerprint density at radius 2 is 1.32 bits per heavy atom. The van der Waals surface area contributed by atoms with Crippen LogP contribution in [-0.2, 0) is 20.8 Å². The van der Waals surface area contributed by atoms with E-state index in [1.54, 1.807) is 77.7 Å². The van der Waals surface area contributed by atoms with Crippen molar-refractivity contribution < 1.29 is 54.0 Å². The largest absolute Gasteiger partial charge is 0.508 e. The number of aromatic nitrogens is 7. The molecule has 10 bridgehead atoms. The Morgan fingerprint density at radius 1 is 0.678 bits per heavy atom. The van der Waals surface area contributed by atoms with Crippen molar-refractivity contribution in [2.45, 2.75) is 94.8 Å². The summed E-state index contributed by atoms with van der Waals surface area (Å²) in [5, 5.41) is 65.0. The minimum Gasteiger partial charge on any atom is -0.508 e. The van der Waals surface area contributed by atoms with E-state index in [9.17, 15) is 49.2 Å². The number of phenolic OH excluding ortho intramolecular Hbond substituents is 1. The molecular weight excluding hydrogens is 1270 g/mol. The normalized spacial score (nSPS) is 21.8. The van der Waals surface area contributed by atoms with Crippen molar-refractivity contribution in [1.29, 1.82) is 0 Å². The summed E-state index contributed by atoms with van der Waals surface area (Å²) < 4.78 is 0. The quantitative estimate of drug-likeness (QED) is 0.0634. The molecule has 9 aromatic rings. The van der Waals surface area contributed by atoms with E-state index in [4.69, 9.17) is 25.7 Å². The summed E-state index contributed by atoms with van der Waals surface area (Å²) in [7, 11) is 0. The molecule has 1 saturated carbocycles. The highest BCUT2D eigenvalue weighted by Gasteiger charge is 2.46. The number of carbonyl (C=O) groups is 7. The number of carboxylic acids is 1. The van der Waals surface area contributed by atoms with Crippen molar-refractivity contribution in [2.24, 2.45) is 17.6 Å². The number of carbonyl (C=O) groups excluding carboxylic acids is 6. The first kappa shape index (κ1) is 61.6. The van der Waals surface area contributed by atoms with Gasteiger partial charge in [-0.05, 0) is 68.0 Å². The summed E-state index contributed by atoms with van der Waals surface area (Å²) in [5.41, 5.74) is 8.71. The molecule has 10 N–H and O–H groups in total. The van der Waals surface area contributed by atoms with Crippen LogP contribution in [0, 0.1) is 18.8 Å². The molecule has 7 aromatic heterocycles. The maximum Gasteiger partial charge on any atom is 0.306 e. The minimum absolute atomic E-state index is 0.00805. The number of benzene rings is 2. The van der Waals surface area contributed by atoms with E-state index >= 15 is 4.79 Å². The highest BCUT2D eigenvalue weighted by molar-refractivity contribution is 7.15. The van der Waals surface area contributed by atoms with Gasteiger partial charge >= 0.3 is 5.97 Å². The average molecular weight is 1330 g/mol.